The fourth-order valence-corrected chi connectivity index (χ4v) is 2.75. The lowest BCUT2D eigenvalue weighted by Gasteiger charge is -2.28. The molecular formula is C20H20N2O4. The predicted molar refractivity (Wildman–Crippen MR) is 96.4 cm³/mol. The fraction of sp³-hybridized carbons (Fsp3) is 0.200. The van der Waals surface area contributed by atoms with Gasteiger partial charge in [0.2, 0.25) is 0 Å². The maximum atomic E-state index is 12.6. The summed E-state index contributed by atoms with van der Waals surface area (Å²) in [5.74, 6) is 0.230. The quantitative estimate of drug-likeness (QED) is 0.619. The highest BCUT2D eigenvalue weighted by molar-refractivity contribution is 5.95. The van der Waals surface area contributed by atoms with E-state index in [0.29, 0.717) is 17.0 Å². The van der Waals surface area contributed by atoms with Crippen LogP contribution in [-0.2, 0) is 9.53 Å². The van der Waals surface area contributed by atoms with Gasteiger partial charge in [0.25, 0.3) is 0 Å². The van der Waals surface area contributed by atoms with Gasteiger partial charge >= 0.3 is 12.0 Å². The monoisotopic (exact) mass is 352 g/mol. The van der Waals surface area contributed by atoms with Gasteiger partial charge in [-0.3, -0.25) is 0 Å². The number of allylic oxidation sites excluding steroid dienone is 1. The van der Waals surface area contributed by atoms with Crippen LogP contribution in [0.15, 0.2) is 71.9 Å². The van der Waals surface area contributed by atoms with E-state index in [4.69, 9.17) is 9.47 Å². The summed E-state index contributed by atoms with van der Waals surface area (Å²) in [6.07, 6.45) is 0. The van der Waals surface area contributed by atoms with Crippen molar-refractivity contribution in [3.63, 3.8) is 0 Å². The number of para-hydroxylation sites is 1. The molecule has 1 unspecified atom stereocenters. The van der Waals surface area contributed by atoms with Crippen LogP contribution in [0, 0.1) is 0 Å². The van der Waals surface area contributed by atoms with Crippen LogP contribution >= 0.6 is 0 Å². The van der Waals surface area contributed by atoms with Crippen molar-refractivity contribution in [2.75, 3.05) is 13.2 Å². The summed E-state index contributed by atoms with van der Waals surface area (Å²) >= 11 is 0. The molecule has 1 aliphatic rings. The molecule has 26 heavy (non-hydrogen) atoms. The van der Waals surface area contributed by atoms with Gasteiger partial charge in [-0.1, -0.05) is 48.5 Å². The van der Waals surface area contributed by atoms with Gasteiger partial charge in [-0.2, -0.15) is 0 Å². The molecule has 6 nitrogen and oxygen atoms in total. The normalized spacial score (nSPS) is 16.5. The molecule has 1 heterocycles. The first-order chi connectivity index (χ1) is 12.6. The average Bonchev–Trinajstić information content (AvgIpc) is 2.66. The molecule has 0 fully saturated rings. The van der Waals surface area contributed by atoms with Gasteiger partial charge in [-0.05, 0) is 24.6 Å². The molecular weight excluding hydrogens is 332 g/mol. The first-order valence-electron chi connectivity index (χ1n) is 8.33. The fourth-order valence-electron chi connectivity index (χ4n) is 2.75. The number of urea groups is 1. The van der Waals surface area contributed by atoms with E-state index in [1.807, 2.05) is 60.7 Å². The van der Waals surface area contributed by atoms with Crippen molar-refractivity contribution < 1.29 is 19.1 Å². The summed E-state index contributed by atoms with van der Waals surface area (Å²) in [4.78, 5) is 24.4. The molecule has 0 aromatic heterocycles. The van der Waals surface area contributed by atoms with Crippen LogP contribution in [0.2, 0.25) is 0 Å². The Morgan fingerprint density at radius 1 is 1.00 bits per heavy atom. The summed E-state index contributed by atoms with van der Waals surface area (Å²) in [6, 6.07) is 17.7. The Bertz CT molecular complexity index is 803. The van der Waals surface area contributed by atoms with E-state index in [2.05, 4.69) is 10.6 Å². The van der Waals surface area contributed by atoms with Crippen molar-refractivity contribution in [2.45, 2.75) is 13.0 Å². The number of esters is 1. The van der Waals surface area contributed by atoms with Crippen molar-refractivity contribution >= 4 is 12.0 Å². The minimum atomic E-state index is -0.549. The third kappa shape index (κ3) is 4.22. The maximum Gasteiger partial charge on any atom is 0.338 e. The number of amides is 2. The predicted octanol–water partition coefficient (Wildman–Crippen LogP) is 2.94. The molecule has 0 aliphatic carbocycles. The molecule has 1 atom stereocenters. The number of ether oxygens (including phenoxy) is 2. The number of nitrogens with one attached hydrogen (secondary N) is 2. The van der Waals surface area contributed by atoms with E-state index in [1.165, 1.54) is 0 Å². The van der Waals surface area contributed by atoms with Gasteiger partial charge in [0.05, 0.1) is 11.6 Å². The second-order valence-electron chi connectivity index (χ2n) is 5.78. The Hall–Kier alpha value is -3.28. The summed E-state index contributed by atoms with van der Waals surface area (Å²) < 4.78 is 10.9. The SMILES string of the molecule is CC1=C(C(=O)OCCOc2ccccc2)C(c2ccccc2)NC(=O)N1. The third-order valence-corrected chi connectivity index (χ3v) is 3.95. The van der Waals surface area contributed by atoms with Gasteiger partial charge in [0.15, 0.2) is 0 Å². The molecule has 2 aromatic rings. The highest BCUT2D eigenvalue weighted by Gasteiger charge is 2.32. The Kier molecular flexibility index (Phi) is 5.53. The Balaban J connectivity index is 1.65. The molecule has 0 radical (unpaired) electrons. The first kappa shape index (κ1) is 17.5. The molecule has 3 rings (SSSR count). The van der Waals surface area contributed by atoms with Crippen LogP contribution in [0.3, 0.4) is 0 Å². The second kappa shape index (κ2) is 8.20. The van der Waals surface area contributed by atoms with Gasteiger partial charge in [-0.25, -0.2) is 9.59 Å². The van der Waals surface area contributed by atoms with Crippen LogP contribution < -0.4 is 15.4 Å². The lowest BCUT2D eigenvalue weighted by molar-refractivity contribution is -0.140. The lowest BCUT2D eigenvalue weighted by atomic mass is 9.96. The van der Waals surface area contributed by atoms with E-state index >= 15 is 0 Å². The smallest absolute Gasteiger partial charge is 0.338 e. The van der Waals surface area contributed by atoms with Gasteiger partial charge in [-0.15, -0.1) is 0 Å². The Morgan fingerprint density at radius 2 is 1.65 bits per heavy atom. The number of hydrogen-bond acceptors (Lipinski definition) is 4. The topological polar surface area (TPSA) is 76.7 Å². The Labute approximate surface area is 151 Å². The average molecular weight is 352 g/mol. The van der Waals surface area contributed by atoms with E-state index < -0.39 is 12.0 Å². The molecule has 0 spiro atoms. The van der Waals surface area contributed by atoms with Crippen LogP contribution in [0.4, 0.5) is 4.79 Å². The summed E-state index contributed by atoms with van der Waals surface area (Å²) in [5.41, 5.74) is 1.68. The van der Waals surface area contributed by atoms with Crippen LogP contribution in [0.25, 0.3) is 0 Å². The van der Waals surface area contributed by atoms with Crippen molar-refractivity contribution in [1.29, 1.82) is 0 Å². The molecule has 6 heteroatoms. The zero-order valence-corrected chi connectivity index (χ0v) is 14.4. The standard InChI is InChI=1S/C20H20N2O4/c1-14-17(18(22-20(24)21-14)15-8-4-2-5-9-15)19(23)26-13-12-25-16-10-6-3-7-11-16/h2-11,18H,12-13H2,1H3,(H2,21,22,24). The molecule has 2 amide bonds. The highest BCUT2D eigenvalue weighted by atomic mass is 16.6. The lowest BCUT2D eigenvalue weighted by Crippen LogP contribution is -2.45. The minimum absolute atomic E-state index is 0.111. The number of benzene rings is 2. The van der Waals surface area contributed by atoms with E-state index in [1.54, 1.807) is 6.92 Å². The molecule has 0 bridgehead atoms. The minimum Gasteiger partial charge on any atom is -0.490 e. The maximum absolute atomic E-state index is 12.6. The van der Waals surface area contributed by atoms with E-state index in [9.17, 15) is 9.59 Å². The van der Waals surface area contributed by atoms with Crippen molar-refractivity contribution in [2.24, 2.45) is 0 Å². The first-order valence-corrected chi connectivity index (χ1v) is 8.33. The summed E-state index contributed by atoms with van der Waals surface area (Å²) in [7, 11) is 0. The third-order valence-electron chi connectivity index (χ3n) is 3.95. The van der Waals surface area contributed by atoms with Gasteiger partial charge in [0, 0.05) is 5.70 Å². The van der Waals surface area contributed by atoms with Crippen molar-refractivity contribution in [3.8, 4) is 5.75 Å². The number of hydrogen-bond donors (Lipinski definition) is 2. The summed E-state index contributed by atoms with van der Waals surface area (Å²) in [6.45, 7) is 2.05. The highest BCUT2D eigenvalue weighted by Crippen LogP contribution is 2.27. The molecule has 1 aliphatic heterocycles. The number of carbonyl (C=O) groups excluding carboxylic acids is 2. The molecule has 134 valence electrons. The van der Waals surface area contributed by atoms with Crippen LogP contribution in [-0.4, -0.2) is 25.2 Å². The summed E-state index contributed by atoms with van der Waals surface area (Å²) in [5, 5.41) is 5.39. The largest absolute Gasteiger partial charge is 0.490 e. The second-order valence-corrected chi connectivity index (χ2v) is 5.78. The zero-order chi connectivity index (χ0) is 18.4. The van der Waals surface area contributed by atoms with E-state index in [0.717, 1.165) is 5.56 Å². The van der Waals surface area contributed by atoms with Crippen molar-refractivity contribution in [1.82, 2.24) is 10.6 Å². The molecule has 0 saturated carbocycles. The van der Waals surface area contributed by atoms with Crippen molar-refractivity contribution in [3.05, 3.63) is 77.5 Å². The number of carbonyl (C=O) groups is 2. The molecule has 2 aromatic carbocycles. The molecule has 0 saturated heterocycles. The van der Waals surface area contributed by atoms with Gasteiger partial charge in [0.1, 0.15) is 19.0 Å². The van der Waals surface area contributed by atoms with Gasteiger partial charge < -0.3 is 20.1 Å². The van der Waals surface area contributed by atoms with Crippen LogP contribution in [0.5, 0.6) is 5.75 Å². The molecule has 2 N–H and O–H groups in total. The zero-order valence-electron chi connectivity index (χ0n) is 14.4. The van der Waals surface area contributed by atoms with Crippen LogP contribution in [0.1, 0.15) is 18.5 Å². The van der Waals surface area contributed by atoms with E-state index in [-0.39, 0.29) is 19.2 Å². The Morgan fingerprint density at radius 3 is 2.35 bits per heavy atom. The number of rotatable bonds is 6.